The molecule has 1 aromatic rings. The zero-order valence-corrected chi connectivity index (χ0v) is 8.09. The van der Waals surface area contributed by atoms with E-state index in [1.54, 1.807) is 25.1 Å². The lowest BCUT2D eigenvalue weighted by atomic mass is 10.2. The van der Waals surface area contributed by atoms with Gasteiger partial charge in [0.25, 0.3) is 0 Å². The van der Waals surface area contributed by atoms with Crippen LogP contribution in [0.4, 0.5) is 4.39 Å². The first-order chi connectivity index (χ1) is 6.75. The molecular formula is C11H12FNO. The Morgan fingerprint density at radius 2 is 2.29 bits per heavy atom. The van der Waals surface area contributed by atoms with Crippen molar-refractivity contribution < 1.29 is 9.13 Å². The minimum atomic E-state index is -0.315. The molecule has 0 amide bonds. The second-order valence-electron chi connectivity index (χ2n) is 3.00. The lowest BCUT2D eigenvalue weighted by molar-refractivity contribution is 0.296. The van der Waals surface area contributed by atoms with Crippen molar-refractivity contribution in [3.63, 3.8) is 0 Å². The average molecular weight is 193 g/mol. The van der Waals surface area contributed by atoms with E-state index < -0.39 is 0 Å². The molecule has 0 aliphatic carbocycles. The van der Waals surface area contributed by atoms with Crippen LogP contribution in [0.15, 0.2) is 18.2 Å². The first-order valence-corrected chi connectivity index (χ1v) is 4.50. The fraction of sp³-hybridized carbons (Fsp3) is 0.364. The van der Waals surface area contributed by atoms with Crippen LogP contribution >= 0.6 is 0 Å². The number of benzene rings is 1. The van der Waals surface area contributed by atoms with E-state index in [1.165, 1.54) is 0 Å². The Morgan fingerprint density at radius 1 is 1.50 bits per heavy atom. The van der Waals surface area contributed by atoms with E-state index in [1.807, 2.05) is 6.07 Å². The number of hydrogen-bond donors (Lipinski definition) is 0. The van der Waals surface area contributed by atoms with Gasteiger partial charge >= 0.3 is 0 Å². The zero-order valence-electron chi connectivity index (χ0n) is 8.09. The van der Waals surface area contributed by atoms with E-state index in [9.17, 15) is 4.39 Å². The molecule has 0 atom stereocenters. The molecule has 0 bridgehead atoms. The van der Waals surface area contributed by atoms with E-state index in [4.69, 9.17) is 10.00 Å². The molecule has 0 fully saturated rings. The minimum Gasteiger partial charge on any atom is -0.490 e. The van der Waals surface area contributed by atoms with Gasteiger partial charge in [0, 0.05) is 6.42 Å². The van der Waals surface area contributed by atoms with Crippen LogP contribution in [-0.4, -0.2) is 6.61 Å². The van der Waals surface area contributed by atoms with Gasteiger partial charge in [-0.1, -0.05) is 12.1 Å². The predicted octanol–water partition coefficient (Wildman–Crippen LogP) is 2.82. The van der Waals surface area contributed by atoms with Gasteiger partial charge in [0.2, 0.25) is 0 Å². The molecule has 0 unspecified atom stereocenters. The molecule has 0 saturated carbocycles. The molecule has 1 aromatic carbocycles. The van der Waals surface area contributed by atoms with Gasteiger partial charge < -0.3 is 4.74 Å². The molecule has 0 aliphatic heterocycles. The smallest absolute Gasteiger partial charge is 0.167 e. The molecule has 0 spiro atoms. The number of aryl methyl sites for hydroxylation is 1. The number of halogens is 1. The Hall–Kier alpha value is -1.56. The van der Waals surface area contributed by atoms with Crippen LogP contribution in [0.3, 0.4) is 0 Å². The van der Waals surface area contributed by atoms with Gasteiger partial charge in [0.15, 0.2) is 11.6 Å². The van der Waals surface area contributed by atoms with Crippen molar-refractivity contribution in [1.82, 2.24) is 0 Å². The number of nitriles is 1. The van der Waals surface area contributed by atoms with Crippen LogP contribution in [0, 0.1) is 24.1 Å². The summed E-state index contributed by atoms with van der Waals surface area (Å²) in [4.78, 5) is 0. The average Bonchev–Trinajstić information content (AvgIpc) is 2.19. The number of rotatable bonds is 4. The quantitative estimate of drug-likeness (QED) is 0.689. The fourth-order valence-corrected chi connectivity index (χ4v) is 1.07. The highest BCUT2D eigenvalue weighted by molar-refractivity contribution is 5.29. The summed E-state index contributed by atoms with van der Waals surface area (Å²) in [7, 11) is 0. The molecule has 0 N–H and O–H groups in total. The van der Waals surface area contributed by atoms with Crippen molar-refractivity contribution in [3.8, 4) is 11.8 Å². The van der Waals surface area contributed by atoms with Gasteiger partial charge in [-0.3, -0.25) is 0 Å². The third-order valence-electron chi connectivity index (χ3n) is 1.85. The van der Waals surface area contributed by atoms with Gasteiger partial charge in [0.1, 0.15) is 0 Å². The summed E-state index contributed by atoms with van der Waals surface area (Å²) < 4.78 is 18.5. The Balaban J connectivity index is 2.51. The van der Waals surface area contributed by atoms with E-state index in [-0.39, 0.29) is 11.6 Å². The summed E-state index contributed by atoms with van der Waals surface area (Å²) in [5, 5.41) is 8.28. The van der Waals surface area contributed by atoms with Crippen LogP contribution in [0.2, 0.25) is 0 Å². The van der Waals surface area contributed by atoms with Crippen LogP contribution < -0.4 is 4.74 Å². The van der Waals surface area contributed by atoms with Crippen LogP contribution in [0.25, 0.3) is 0 Å². The fourth-order valence-electron chi connectivity index (χ4n) is 1.07. The predicted molar refractivity (Wildman–Crippen MR) is 51.5 cm³/mol. The van der Waals surface area contributed by atoms with E-state index in [0.29, 0.717) is 25.0 Å². The van der Waals surface area contributed by atoms with Gasteiger partial charge in [0.05, 0.1) is 12.7 Å². The standard InChI is InChI=1S/C11H12FNO/c1-9-5-4-6-10(11(9)12)14-8-3-2-7-13/h4-6H,2-3,8H2,1H3. The molecule has 0 heterocycles. The molecule has 74 valence electrons. The van der Waals surface area contributed by atoms with Crippen LogP contribution in [0.5, 0.6) is 5.75 Å². The lowest BCUT2D eigenvalue weighted by Crippen LogP contribution is -1.99. The number of ether oxygens (including phenoxy) is 1. The Morgan fingerprint density at radius 3 is 3.00 bits per heavy atom. The molecule has 3 heteroatoms. The summed E-state index contributed by atoms with van der Waals surface area (Å²) in [6.07, 6.45) is 1.07. The van der Waals surface area contributed by atoms with Crippen molar-refractivity contribution in [2.45, 2.75) is 19.8 Å². The second-order valence-corrected chi connectivity index (χ2v) is 3.00. The normalized spacial score (nSPS) is 9.50. The van der Waals surface area contributed by atoms with E-state index in [2.05, 4.69) is 0 Å². The first kappa shape index (κ1) is 10.5. The van der Waals surface area contributed by atoms with Crippen molar-refractivity contribution in [2.24, 2.45) is 0 Å². The largest absolute Gasteiger partial charge is 0.490 e. The minimum absolute atomic E-state index is 0.267. The SMILES string of the molecule is Cc1cccc(OCCCC#N)c1F. The van der Waals surface area contributed by atoms with Crippen molar-refractivity contribution in [3.05, 3.63) is 29.6 Å². The molecule has 1 rings (SSSR count). The highest BCUT2D eigenvalue weighted by Crippen LogP contribution is 2.19. The maximum absolute atomic E-state index is 13.3. The van der Waals surface area contributed by atoms with E-state index >= 15 is 0 Å². The van der Waals surface area contributed by atoms with Crippen molar-refractivity contribution in [2.75, 3.05) is 6.61 Å². The number of nitrogens with zero attached hydrogens (tertiary/aromatic N) is 1. The van der Waals surface area contributed by atoms with Crippen LogP contribution in [-0.2, 0) is 0 Å². The van der Waals surface area contributed by atoms with Crippen molar-refractivity contribution >= 4 is 0 Å². The Bertz CT molecular complexity index is 344. The second kappa shape index (κ2) is 5.23. The maximum atomic E-state index is 13.3. The summed E-state index contributed by atoms with van der Waals surface area (Å²) in [6, 6.07) is 7.04. The molecule has 0 radical (unpaired) electrons. The summed E-state index contributed by atoms with van der Waals surface area (Å²) in [5.41, 5.74) is 0.572. The highest BCUT2D eigenvalue weighted by Gasteiger charge is 2.04. The van der Waals surface area contributed by atoms with Crippen molar-refractivity contribution in [1.29, 1.82) is 5.26 Å². The zero-order chi connectivity index (χ0) is 10.4. The van der Waals surface area contributed by atoms with Crippen LogP contribution in [0.1, 0.15) is 18.4 Å². The number of hydrogen-bond acceptors (Lipinski definition) is 2. The summed E-state index contributed by atoms with van der Waals surface area (Å²) >= 11 is 0. The third kappa shape index (κ3) is 2.74. The topological polar surface area (TPSA) is 33.0 Å². The molecule has 14 heavy (non-hydrogen) atoms. The highest BCUT2D eigenvalue weighted by atomic mass is 19.1. The molecule has 0 aliphatic rings. The maximum Gasteiger partial charge on any atom is 0.167 e. The van der Waals surface area contributed by atoms with Gasteiger partial charge in [-0.2, -0.15) is 5.26 Å². The first-order valence-electron chi connectivity index (χ1n) is 4.50. The molecule has 0 saturated heterocycles. The molecule has 0 aromatic heterocycles. The summed E-state index contributed by atoms with van der Waals surface area (Å²) in [6.45, 7) is 2.07. The molecular weight excluding hydrogens is 181 g/mol. The lowest BCUT2D eigenvalue weighted by Gasteiger charge is -2.06. The van der Waals surface area contributed by atoms with E-state index in [0.717, 1.165) is 0 Å². The molecule has 2 nitrogen and oxygen atoms in total. The third-order valence-corrected chi connectivity index (χ3v) is 1.85. The summed E-state index contributed by atoms with van der Waals surface area (Å²) in [5.74, 6) is -0.0487. The Labute approximate surface area is 82.9 Å². The number of unbranched alkanes of at least 4 members (excludes halogenated alkanes) is 1. The monoisotopic (exact) mass is 193 g/mol. The van der Waals surface area contributed by atoms with Gasteiger partial charge in [-0.15, -0.1) is 0 Å². The Kier molecular flexibility index (Phi) is 3.93. The van der Waals surface area contributed by atoms with Gasteiger partial charge in [-0.25, -0.2) is 4.39 Å². The van der Waals surface area contributed by atoms with Gasteiger partial charge in [-0.05, 0) is 25.0 Å².